The number of likely N-dealkylation sites (N-methyl/N-ethyl adjacent to an activating group) is 1. The maximum Gasteiger partial charge on any atom is 0.255 e. The van der Waals surface area contributed by atoms with Gasteiger partial charge in [0.05, 0.1) is 6.04 Å². The fourth-order valence-corrected chi connectivity index (χ4v) is 4.50. The molecule has 8 nitrogen and oxygen atoms in total. The normalized spacial score (nSPS) is 18.3. The molecule has 0 aliphatic carbocycles. The van der Waals surface area contributed by atoms with Crippen LogP contribution >= 0.6 is 0 Å². The molecule has 37 heavy (non-hydrogen) atoms. The van der Waals surface area contributed by atoms with E-state index < -0.39 is 0 Å². The van der Waals surface area contributed by atoms with Crippen LogP contribution in [0.25, 0.3) is 0 Å². The van der Waals surface area contributed by atoms with Gasteiger partial charge in [0.2, 0.25) is 5.96 Å². The third-order valence-electron chi connectivity index (χ3n) is 6.85. The number of piperazine rings is 1. The molecule has 2 N–H and O–H groups in total. The molecule has 3 heterocycles. The minimum Gasteiger partial charge on any atom is -0.324 e. The maximum atomic E-state index is 12.9. The predicted octanol–water partition coefficient (Wildman–Crippen LogP) is 4.37. The highest BCUT2D eigenvalue weighted by molar-refractivity contribution is 6.05. The Hall–Kier alpha value is -3.88. The zero-order valence-corrected chi connectivity index (χ0v) is 21.4. The lowest BCUT2D eigenvalue weighted by molar-refractivity contribution is 0.102. The largest absolute Gasteiger partial charge is 0.324 e. The highest BCUT2D eigenvalue weighted by atomic mass is 16.1. The molecule has 2 aliphatic rings. The molecule has 0 spiro atoms. The third kappa shape index (κ3) is 6.47. The van der Waals surface area contributed by atoms with Gasteiger partial charge < -0.3 is 15.5 Å². The van der Waals surface area contributed by atoms with Gasteiger partial charge in [0.15, 0.2) is 0 Å². The Balaban J connectivity index is 1.22. The molecule has 1 aromatic heterocycles. The van der Waals surface area contributed by atoms with Gasteiger partial charge in [-0.3, -0.25) is 14.7 Å². The van der Waals surface area contributed by atoms with E-state index in [0.717, 1.165) is 56.0 Å². The summed E-state index contributed by atoms with van der Waals surface area (Å²) in [5.41, 5.74) is 5.51. The molecule has 0 bridgehead atoms. The van der Waals surface area contributed by atoms with E-state index in [1.54, 1.807) is 6.20 Å². The number of benzene rings is 2. The minimum atomic E-state index is -0.134. The monoisotopic (exact) mass is 495 g/mol. The van der Waals surface area contributed by atoms with Crippen molar-refractivity contribution in [3.63, 3.8) is 0 Å². The van der Waals surface area contributed by atoms with Gasteiger partial charge in [-0.15, -0.1) is 0 Å². The van der Waals surface area contributed by atoms with Crippen molar-refractivity contribution in [3.8, 4) is 0 Å². The van der Waals surface area contributed by atoms with Crippen LogP contribution in [0.2, 0.25) is 0 Å². The number of amides is 1. The lowest BCUT2D eigenvalue weighted by atomic mass is 10.1. The molecule has 1 saturated heterocycles. The minimum absolute atomic E-state index is 0.0175. The number of aliphatic imine (C=N–C) groups is 2. The molecule has 0 radical (unpaired) electrons. The molecule has 8 heteroatoms. The summed E-state index contributed by atoms with van der Waals surface area (Å²) >= 11 is 0. The molecule has 3 aromatic rings. The van der Waals surface area contributed by atoms with E-state index in [1.165, 1.54) is 5.56 Å². The van der Waals surface area contributed by atoms with E-state index >= 15 is 0 Å². The van der Waals surface area contributed by atoms with E-state index in [1.807, 2.05) is 73.9 Å². The number of guanidine groups is 1. The van der Waals surface area contributed by atoms with Crippen molar-refractivity contribution in [1.29, 1.82) is 0 Å². The quantitative estimate of drug-likeness (QED) is 0.530. The second-order valence-corrected chi connectivity index (χ2v) is 9.69. The van der Waals surface area contributed by atoms with Gasteiger partial charge in [-0.1, -0.05) is 24.3 Å². The van der Waals surface area contributed by atoms with Crippen LogP contribution in [-0.4, -0.2) is 66.1 Å². The summed E-state index contributed by atoms with van der Waals surface area (Å²) in [5, 5.41) is 6.35. The number of rotatable bonds is 6. The Morgan fingerprint density at radius 3 is 2.62 bits per heavy atom. The molecular weight excluding hydrogens is 462 g/mol. The number of pyridine rings is 1. The Morgan fingerprint density at radius 2 is 1.86 bits per heavy atom. The number of hydrogen-bond donors (Lipinski definition) is 2. The van der Waals surface area contributed by atoms with E-state index in [9.17, 15) is 4.79 Å². The maximum absolute atomic E-state index is 12.9. The average Bonchev–Trinajstić information content (AvgIpc) is 2.93. The van der Waals surface area contributed by atoms with Crippen LogP contribution < -0.4 is 10.6 Å². The van der Waals surface area contributed by atoms with Crippen LogP contribution in [0.15, 0.2) is 77.0 Å². The first-order chi connectivity index (χ1) is 18.0. The smallest absolute Gasteiger partial charge is 0.255 e. The second kappa shape index (κ2) is 11.5. The fraction of sp³-hybridized carbons (Fsp3) is 0.310. The molecule has 1 unspecified atom stereocenters. The Kier molecular flexibility index (Phi) is 7.67. The summed E-state index contributed by atoms with van der Waals surface area (Å²) in [6.45, 7) is 7.27. The van der Waals surface area contributed by atoms with Crippen molar-refractivity contribution < 1.29 is 4.79 Å². The highest BCUT2D eigenvalue weighted by Crippen LogP contribution is 2.25. The van der Waals surface area contributed by atoms with Crippen molar-refractivity contribution in [2.45, 2.75) is 25.9 Å². The van der Waals surface area contributed by atoms with E-state index in [4.69, 9.17) is 4.99 Å². The van der Waals surface area contributed by atoms with Gasteiger partial charge in [-0.2, -0.15) is 0 Å². The van der Waals surface area contributed by atoms with Gasteiger partial charge in [0.25, 0.3) is 5.91 Å². The molecule has 1 atom stereocenters. The number of nitrogens with one attached hydrogen (secondary N) is 2. The summed E-state index contributed by atoms with van der Waals surface area (Å²) in [5.74, 6) is 0.410. The average molecular weight is 496 g/mol. The summed E-state index contributed by atoms with van der Waals surface area (Å²) in [6.07, 6.45) is 6.21. The molecular formula is C29H33N7O. The van der Waals surface area contributed by atoms with Crippen molar-refractivity contribution in [2.75, 3.05) is 43.9 Å². The lowest BCUT2D eigenvalue weighted by Crippen LogP contribution is -2.43. The molecule has 1 amide bonds. The standard InChI is InChI=1S/C29H33N7O/c1-21-5-10-25(18-27(21)34-29-31-13-11-26(33-29)24-4-3-12-30-19-24)32-28(37)23-8-6-22(7-9-23)20-36-16-14-35(2)15-17-36/h3-10,12-13,18-19,26H,11,14-17,20H2,1-2H3,(H,32,37)(H,33,34). The van der Waals surface area contributed by atoms with Gasteiger partial charge in [-0.25, -0.2) is 9.98 Å². The van der Waals surface area contributed by atoms with Crippen molar-refractivity contribution in [1.82, 2.24) is 14.8 Å². The van der Waals surface area contributed by atoms with Gasteiger partial charge in [-0.05, 0) is 61.0 Å². The predicted molar refractivity (Wildman–Crippen MR) is 149 cm³/mol. The molecule has 190 valence electrons. The number of carbonyl (C=O) groups is 1. The number of anilines is 2. The van der Waals surface area contributed by atoms with Crippen LogP contribution in [0.1, 0.15) is 39.5 Å². The number of nitrogens with zero attached hydrogens (tertiary/aromatic N) is 5. The summed E-state index contributed by atoms with van der Waals surface area (Å²) in [7, 11) is 2.16. The lowest BCUT2D eigenvalue weighted by Gasteiger charge is -2.32. The Bertz CT molecular complexity index is 1280. The Labute approximate surface area is 218 Å². The van der Waals surface area contributed by atoms with Crippen LogP contribution in [0.5, 0.6) is 0 Å². The molecule has 2 aliphatic heterocycles. The number of carbonyl (C=O) groups excluding carboxylic acids is 1. The fourth-order valence-electron chi connectivity index (χ4n) is 4.50. The van der Waals surface area contributed by atoms with E-state index in [0.29, 0.717) is 17.2 Å². The highest BCUT2D eigenvalue weighted by Gasteiger charge is 2.16. The van der Waals surface area contributed by atoms with E-state index in [-0.39, 0.29) is 11.9 Å². The zero-order chi connectivity index (χ0) is 25.6. The van der Waals surface area contributed by atoms with Crippen molar-refractivity contribution >= 4 is 29.5 Å². The van der Waals surface area contributed by atoms with Crippen LogP contribution in [-0.2, 0) is 6.54 Å². The van der Waals surface area contributed by atoms with Crippen LogP contribution in [0, 0.1) is 6.92 Å². The first-order valence-corrected chi connectivity index (χ1v) is 12.7. The molecule has 5 rings (SSSR count). The Morgan fingerprint density at radius 1 is 1.05 bits per heavy atom. The number of hydrogen-bond acceptors (Lipinski definition) is 7. The van der Waals surface area contributed by atoms with Gasteiger partial charge in [0, 0.05) is 74.7 Å². The summed E-state index contributed by atoms with van der Waals surface area (Å²) in [4.78, 5) is 31.1. The third-order valence-corrected chi connectivity index (χ3v) is 6.85. The van der Waals surface area contributed by atoms with E-state index in [2.05, 4.69) is 37.5 Å². The SMILES string of the molecule is Cc1ccc(NC(=O)c2ccc(CN3CCN(C)CC3)cc2)cc1NC1=NC(c2cccnc2)CC=N1. The van der Waals surface area contributed by atoms with Gasteiger partial charge in [0.1, 0.15) is 0 Å². The summed E-state index contributed by atoms with van der Waals surface area (Å²) < 4.78 is 0. The van der Waals surface area contributed by atoms with Crippen LogP contribution in [0.3, 0.4) is 0 Å². The van der Waals surface area contributed by atoms with Crippen LogP contribution in [0.4, 0.5) is 11.4 Å². The topological polar surface area (TPSA) is 85.2 Å². The first-order valence-electron chi connectivity index (χ1n) is 12.7. The summed E-state index contributed by atoms with van der Waals surface area (Å²) in [6, 6.07) is 17.6. The zero-order valence-electron chi connectivity index (χ0n) is 21.4. The molecule has 2 aromatic carbocycles. The second-order valence-electron chi connectivity index (χ2n) is 9.69. The molecule has 0 saturated carbocycles. The number of aromatic nitrogens is 1. The number of aryl methyl sites for hydroxylation is 1. The first kappa shape index (κ1) is 24.8. The molecule has 1 fully saturated rings. The van der Waals surface area contributed by atoms with Crippen molar-refractivity contribution in [3.05, 3.63) is 89.2 Å². The van der Waals surface area contributed by atoms with Gasteiger partial charge >= 0.3 is 0 Å². The van der Waals surface area contributed by atoms with Crippen molar-refractivity contribution in [2.24, 2.45) is 9.98 Å².